The van der Waals surface area contributed by atoms with Crippen LogP contribution < -0.4 is 0 Å². The number of rotatable bonds is 0. The number of carbonyl (C=O) groups excluding carboxylic acids is 12. The van der Waals surface area contributed by atoms with Gasteiger partial charge in [0.05, 0.1) is 0 Å². The molecule has 372 valence electrons. The van der Waals surface area contributed by atoms with Crippen molar-refractivity contribution in [2.45, 2.75) is 74.0 Å². The minimum atomic E-state index is -1.16. The average molecular weight is 997 g/mol. The van der Waals surface area contributed by atoms with E-state index in [2.05, 4.69) is 0 Å². The molecule has 18 fully saturated rings. The fourth-order valence-corrected chi connectivity index (χ4v) is 16.0. The maximum Gasteiger partial charge on any atom is 0.326 e. The minimum Gasteiger partial charge on any atom is -0.282 e. The van der Waals surface area contributed by atoms with Gasteiger partial charge in [-0.15, -0.1) is 0 Å². The van der Waals surface area contributed by atoms with E-state index in [-0.39, 0.29) is 0 Å². The normalized spacial score (nSPS) is 40.3. The van der Waals surface area contributed by atoms with Gasteiger partial charge in [-0.3, -0.25) is 118 Å². The Morgan fingerprint density at radius 1 is 0.139 bits per heavy atom. The fraction of sp³-hybridized carbons (Fsp3) is 0.667. The summed E-state index contributed by atoms with van der Waals surface area (Å²) in [6, 6.07) is -7.90. The van der Waals surface area contributed by atoms with Gasteiger partial charge in [0.1, 0.15) is 80.0 Å². The molecule has 24 amide bonds. The van der Waals surface area contributed by atoms with Crippen molar-refractivity contribution >= 4 is 72.4 Å². The Hall–Kier alpha value is -8.76. The van der Waals surface area contributed by atoms with Crippen molar-refractivity contribution in [3.63, 3.8) is 0 Å². The first-order valence-corrected chi connectivity index (χ1v) is 23.6. The fourth-order valence-electron chi connectivity index (χ4n) is 16.0. The lowest BCUT2D eigenvalue weighted by molar-refractivity contribution is -0.0210. The van der Waals surface area contributed by atoms with Gasteiger partial charge in [-0.2, -0.15) is 0 Å². The van der Waals surface area contributed by atoms with Crippen LogP contribution in [0.15, 0.2) is 0 Å². The van der Waals surface area contributed by atoms with E-state index in [9.17, 15) is 0 Å². The summed E-state index contributed by atoms with van der Waals surface area (Å²) in [4.78, 5) is 213. The minimum absolute atomic E-state index is 0.457. The molecule has 0 spiro atoms. The molecule has 0 bridgehead atoms. The Kier molecular flexibility index (Phi) is 5.55. The highest BCUT2D eigenvalue weighted by molar-refractivity contribution is 5.95. The van der Waals surface area contributed by atoms with E-state index < -0.39 is 226 Å². The van der Waals surface area contributed by atoms with Crippen LogP contribution in [-0.4, -0.2) is 344 Å². The van der Waals surface area contributed by atoms with Gasteiger partial charge in [0.15, 0.2) is 74.0 Å². The van der Waals surface area contributed by atoms with Crippen LogP contribution in [0.5, 0.6) is 0 Å². The number of nitrogens with zero attached hydrogens (tertiary/aromatic N) is 24. The first-order valence-electron chi connectivity index (χ1n) is 23.6. The molecule has 36 heteroatoms. The van der Waals surface area contributed by atoms with Gasteiger partial charge < -0.3 is 0 Å². The third-order valence-corrected chi connectivity index (χ3v) is 18.8. The van der Waals surface area contributed by atoms with Crippen LogP contribution in [0.25, 0.3) is 0 Å². The van der Waals surface area contributed by atoms with Crippen molar-refractivity contribution in [3.8, 4) is 0 Å². The standard InChI is InChI=1S/C36H36N24O12/c61-25-37-1-38-14-16-42(26(38)62)4-46-18-20-50(30(46)66)8-54-22-24-58(34(54)70)11-57-23-21-53(33(57)69)7-49-19-17-45(29(49)65)3-41(25)15-13(37)39-2-40(14)28(64)44(16)6-48(18)32(68)52(20)10-56(22)36(72)60(24)12-59(23)35(71)55(21)9-51(19)31(67)47(17)5-43(15)27(39)63/h13-24H,1-12H2. The zero-order valence-corrected chi connectivity index (χ0v) is 37.0. The van der Waals surface area contributed by atoms with Crippen LogP contribution in [-0.2, 0) is 0 Å². The zero-order valence-electron chi connectivity index (χ0n) is 37.0. The van der Waals surface area contributed by atoms with Gasteiger partial charge in [0, 0.05) is 0 Å². The molecule has 18 heterocycles. The van der Waals surface area contributed by atoms with Crippen molar-refractivity contribution < 1.29 is 57.5 Å². The molecule has 0 N–H and O–H groups in total. The van der Waals surface area contributed by atoms with Crippen molar-refractivity contribution in [1.29, 1.82) is 0 Å². The van der Waals surface area contributed by atoms with Crippen LogP contribution in [0.3, 0.4) is 0 Å². The topological polar surface area (TPSA) is 283 Å². The van der Waals surface area contributed by atoms with Crippen LogP contribution >= 0.6 is 0 Å². The third kappa shape index (κ3) is 3.41. The van der Waals surface area contributed by atoms with Gasteiger partial charge in [0.25, 0.3) is 0 Å². The Morgan fingerprint density at radius 3 is 0.250 bits per heavy atom. The van der Waals surface area contributed by atoms with Crippen LogP contribution in [0.1, 0.15) is 0 Å². The van der Waals surface area contributed by atoms with E-state index >= 15 is 57.5 Å². The van der Waals surface area contributed by atoms with Gasteiger partial charge in [-0.1, -0.05) is 0 Å². The van der Waals surface area contributed by atoms with Crippen LogP contribution in [0.4, 0.5) is 57.5 Å². The molecular formula is C36H36N24O12. The lowest BCUT2D eigenvalue weighted by Crippen LogP contribution is -2.63. The van der Waals surface area contributed by atoms with Gasteiger partial charge in [-0.05, 0) is 0 Å². The Balaban J connectivity index is 0.832. The molecule has 72 heavy (non-hydrogen) atoms. The van der Waals surface area contributed by atoms with Crippen molar-refractivity contribution in [3.05, 3.63) is 0 Å². The molecule has 18 aliphatic heterocycles. The largest absolute Gasteiger partial charge is 0.326 e. The van der Waals surface area contributed by atoms with Gasteiger partial charge >= 0.3 is 72.4 Å². The molecule has 18 saturated heterocycles. The monoisotopic (exact) mass is 996 g/mol. The lowest BCUT2D eigenvalue weighted by atomic mass is 10.2. The predicted molar refractivity (Wildman–Crippen MR) is 213 cm³/mol. The Labute approximate surface area is 401 Å². The van der Waals surface area contributed by atoms with Crippen LogP contribution in [0, 0.1) is 0 Å². The zero-order chi connectivity index (χ0) is 48.2. The first-order chi connectivity index (χ1) is 34.7. The molecule has 0 aromatic carbocycles. The molecule has 18 aliphatic rings. The molecule has 0 aromatic heterocycles. The predicted octanol–water partition coefficient (Wildman–Crippen LogP) is -5.66. The number of hydrogen-bond donors (Lipinski definition) is 0. The summed E-state index contributed by atoms with van der Waals surface area (Å²) in [5.41, 5.74) is 0. The maximum absolute atomic E-state index is 15.1. The average Bonchev–Trinajstić information content (AvgIpc) is 4.23. The second-order valence-corrected chi connectivity index (χ2v) is 21.3. The van der Waals surface area contributed by atoms with E-state index in [0.717, 1.165) is 0 Å². The summed E-state index contributed by atoms with van der Waals surface area (Å²) < 4.78 is 0. The summed E-state index contributed by atoms with van der Waals surface area (Å²) in [5, 5.41) is 0. The molecular weight excluding hydrogens is 961 g/mol. The molecule has 0 radical (unpaired) electrons. The highest BCUT2D eigenvalue weighted by atomic mass is 16.3. The maximum atomic E-state index is 15.1. The van der Waals surface area contributed by atoms with Crippen LogP contribution in [0.2, 0.25) is 0 Å². The third-order valence-electron chi connectivity index (χ3n) is 18.8. The smallest absolute Gasteiger partial charge is 0.282 e. The first kappa shape index (κ1) is 37.1. The van der Waals surface area contributed by atoms with Crippen molar-refractivity contribution in [2.24, 2.45) is 0 Å². The second kappa shape index (κ2) is 10.8. The number of amides is 24. The Bertz CT molecular complexity index is 2140. The highest BCUT2D eigenvalue weighted by Crippen LogP contribution is 2.51. The molecule has 36 nitrogen and oxygen atoms in total. The summed E-state index contributed by atoms with van der Waals surface area (Å²) >= 11 is 0. The van der Waals surface area contributed by atoms with E-state index in [1.165, 1.54) is 118 Å². The highest BCUT2D eigenvalue weighted by Gasteiger charge is 2.75. The van der Waals surface area contributed by atoms with E-state index in [4.69, 9.17) is 0 Å². The van der Waals surface area contributed by atoms with Crippen molar-refractivity contribution in [1.82, 2.24) is 118 Å². The van der Waals surface area contributed by atoms with Crippen molar-refractivity contribution in [2.75, 3.05) is 80.0 Å². The van der Waals surface area contributed by atoms with E-state index in [0.29, 0.717) is 0 Å². The van der Waals surface area contributed by atoms with Gasteiger partial charge in [0.2, 0.25) is 0 Å². The quantitative estimate of drug-likeness (QED) is 0.220. The summed E-state index contributed by atoms with van der Waals surface area (Å²) in [5.74, 6) is 0. The molecule has 0 unspecified atom stereocenters. The number of hydrogen-bond acceptors (Lipinski definition) is 12. The molecule has 18 rings (SSSR count). The molecule has 0 saturated carbocycles. The van der Waals surface area contributed by atoms with E-state index in [1.54, 1.807) is 0 Å². The summed E-state index contributed by atoms with van der Waals surface area (Å²) in [6.45, 7) is -5.48. The lowest BCUT2D eigenvalue weighted by Gasteiger charge is -2.42. The molecule has 0 aliphatic carbocycles. The SMILES string of the molecule is O=C1N2CN3C(=O)N4CN5C(=O)N6CN7C(=O)N8CN9C(=O)N%10CN%11C(=O)N%12CN1C1C2N2CN%13C(=O)N(CN%14C(=O)N(CN%15C(=O)N(CN%16C(=O)N(CN%17C(=O)N(CN1C2=O)C%12C%11%17)C%10C9%16)C8C7%15)C6C5%14)C4C3%13. The van der Waals surface area contributed by atoms with Gasteiger partial charge in [-0.25, -0.2) is 57.5 Å². The number of carbonyl (C=O) groups is 12. The summed E-state index contributed by atoms with van der Waals surface area (Å²) in [7, 11) is 0. The molecule has 0 atom stereocenters. The number of urea groups is 12. The molecule has 0 aromatic rings. The second-order valence-electron chi connectivity index (χ2n) is 21.3. The Morgan fingerprint density at radius 2 is 0.194 bits per heavy atom. The summed E-state index contributed by atoms with van der Waals surface area (Å²) in [6.07, 6.45) is -13.9. The van der Waals surface area contributed by atoms with E-state index in [1.807, 2.05) is 0 Å².